The molecule has 0 radical (unpaired) electrons. The molecular weight excluding hydrogens is 224 g/mol. The summed E-state index contributed by atoms with van der Waals surface area (Å²) in [5.41, 5.74) is 6.52. The third-order valence-corrected chi connectivity index (χ3v) is 3.35. The van der Waals surface area contributed by atoms with Crippen LogP contribution >= 0.6 is 0 Å². The average molecular weight is 242 g/mol. The topological polar surface area (TPSA) is 86.2 Å². The number of sulfonamides is 1. The number of hydrogen-bond donors (Lipinski definition) is 2. The zero-order valence-corrected chi connectivity index (χ0v) is 10.0. The zero-order valence-electron chi connectivity index (χ0n) is 9.22. The lowest BCUT2D eigenvalue weighted by Crippen LogP contribution is -2.11. The Morgan fingerprint density at radius 1 is 1.00 bits per heavy atom. The molecule has 0 aromatic heterocycles. The molecule has 0 spiro atoms. The molecule has 0 heterocycles. The second-order valence-corrected chi connectivity index (χ2v) is 5.35. The van der Waals surface area contributed by atoms with Gasteiger partial charge in [0.05, 0.1) is 4.90 Å². The van der Waals surface area contributed by atoms with Gasteiger partial charge in [0.1, 0.15) is 0 Å². The van der Waals surface area contributed by atoms with Gasteiger partial charge in [-0.25, -0.2) is 13.6 Å². The fourth-order valence-corrected chi connectivity index (χ4v) is 2.01. The van der Waals surface area contributed by atoms with Gasteiger partial charge >= 0.3 is 0 Å². The Labute approximate surface area is 96.7 Å². The highest BCUT2D eigenvalue weighted by Gasteiger charge is 2.06. The zero-order chi connectivity index (χ0) is 12.0. The van der Waals surface area contributed by atoms with Gasteiger partial charge in [-0.2, -0.15) is 0 Å². The van der Waals surface area contributed by atoms with Crippen molar-refractivity contribution in [3.05, 3.63) is 29.8 Å². The number of primary sulfonamides is 1. The molecule has 5 heteroatoms. The van der Waals surface area contributed by atoms with Gasteiger partial charge < -0.3 is 5.73 Å². The fourth-order valence-electron chi connectivity index (χ4n) is 1.50. The number of unbranched alkanes of at least 4 members (excludes halogenated alkanes) is 2. The molecule has 0 aliphatic rings. The quantitative estimate of drug-likeness (QED) is 0.730. The SMILES string of the molecule is NCCCCCc1ccc(S(N)(=O)=O)cc1. The Kier molecular flexibility index (Phi) is 4.92. The number of hydrogen-bond acceptors (Lipinski definition) is 3. The minimum absolute atomic E-state index is 0.165. The molecule has 90 valence electrons. The second-order valence-electron chi connectivity index (χ2n) is 3.79. The number of nitrogens with two attached hydrogens (primary N) is 2. The van der Waals surface area contributed by atoms with Crippen LogP contribution in [0, 0.1) is 0 Å². The maximum atomic E-state index is 11.0. The van der Waals surface area contributed by atoms with Crippen molar-refractivity contribution >= 4 is 10.0 Å². The number of aryl methyl sites for hydroxylation is 1. The first-order valence-corrected chi connectivity index (χ1v) is 6.90. The normalized spacial score (nSPS) is 11.6. The van der Waals surface area contributed by atoms with Gasteiger partial charge in [0.2, 0.25) is 10.0 Å². The summed E-state index contributed by atoms with van der Waals surface area (Å²) in [7, 11) is -3.57. The van der Waals surface area contributed by atoms with Crippen molar-refractivity contribution < 1.29 is 8.42 Å². The van der Waals surface area contributed by atoms with Crippen molar-refractivity contribution in [3.8, 4) is 0 Å². The first kappa shape index (κ1) is 13.2. The highest BCUT2D eigenvalue weighted by Crippen LogP contribution is 2.11. The van der Waals surface area contributed by atoms with Gasteiger partial charge in [-0.3, -0.25) is 0 Å². The van der Waals surface area contributed by atoms with Crippen LogP contribution in [-0.4, -0.2) is 15.0 Å². The molecule has 0 fully saturated rings. The number of benzene rings is 1. The molecule has 0 aliphatic heterocycles. The summed E-state index contributed by atoms with van der Waals surface area (Å²) in [6, 6.07) is 6.71. The maximum Gasteiger partial charge on any atom is 0.238 e. The van der Waals surface area contributed by atoms with Crippen LogP contribution in [0.4, 0.5) is 0 Å². The highest BCUT2D eigenvalue weighted by atomic mass is 32.2. The summed E-state index contributed by atoms with van der Waals surface area (Å²) >= 11 is 0. The second kappa shape index (κ2) is 5.98. The smallest absolute Gasteiger partial charge is 0.238 e. The predicted octanol–water partition coefficient (Wildman–Crippen LogP) is 1.01. The van der Waals surface area contributed by atoms with E-state index in [1.165, 1.54) is 0 Å². The van der Waals surface area contributed by atoms with Gasteiger partial charge in [-0.15, -0.1) is 0 Å². The molecule has 0 unspecified atom stereocenters. The molecule has 0 amide bonds. The summed E-state index contributed by atoms with van der Waals surface area (Å²) in [4.78, 5) is 0.165. The third-order valence-electron chi connectivity index (χ3n) is 2.42. The molecule has 4 N–H and O–H groups in total. The van der Waals surface area contributed by atoms with E-state index >= 15 is 0 Å². The van der Waals surface area contributed by atoms with Crippen LogP contribution in [0.15, 0.2) is 29.2 Å². The van der Waals surface area contributed by atoms with E-state index in [1.54, 1.807) is 12.1 Å². The largest absolute Gasteiger partial charge is 0.330 e. The van der Waals surface area contributed by atoms with E-state index in [4.69, 9.17) is 10.9 Å². The van der Waals surface area contributed by atoms with E-state index in [9.17, 15) is 8.42 Å². The summed E-state index contributed by atoms with van der Waals surface area (Å²) < 4.78 is 22.0. The minimum atomic E-state index is -3.57. The van der Waals surface area contributed by atoms with Crippen LogP contribution in [0.5, 0.6) is 0 Å². The lowest BCUT2D eigenvalue weighted by Gasteiger charge is -2.02. The molecule has 16 heavy (non-hydrogen) atoms. The molecule has 0 aliphatic carbocycles. The molecule has 0 saturated heterocycles. The fraction of sp³-hybridized carbons (Fsp3) is 0.455. The number of rotatable bonds is 6. The molecule has 1 aromatic carbocycles. The van der Waals surface area contributed by atoms with Gasteiger partial charge in [0, 0.05) is 0 Å². The Balaban J connectivity index is 2.52. The Hall–Kier alpha value is -0.910. The Bertz CT molecular complexity index is 412. The van der Waals surface area contributed by atoms with Crippen LogP contribution < -0.4 is 10.9 Å². The first-order chi connectivity index (χ1) is 7.54. The van der Waals surface area contributed by atoms with E-state index < -0.39 is 10.0 Å². The summed E-state index contributed by atoms with van der Waals surface area (Å²) in [6.07, 6.45) is 4.17. The van der Waals surface area contributed by atoms with E-state index in [0.717, 1.165) is 37.8 Å². The highest BCUT2D eigenvalue weighted by molar-refractivity contribution is 7.89. The van der Waals surface area contributed by atoms with Crippen molar-refractivity contribution in [3.63, 3.8) is 0 Å². The molecule has 1 aromatic rings. The van der Waals surface area contributed by atoms with Crippen LogP contribution in [0.25, 0.3) is 0 Å². The Morgan fingerprint density at radius 2 is 1.62 bits per heavy atom. The Morgan fingerprint density at radius 3 is 2.12 bits per heavy atom. The molecule has 0 saturated carbocycles. The summed E-state index contributed by atoms with van der Waals surface area (Å²) in [5.74, 6) is 0. The van der Waals surface area contributed by atoms with Crippen LogP contribution in [0.2, 0.25) is 0 Å². The van der Waals surface area contributed by atoms with E-state index in [-0.39, 0.29) is 4.90 Å². The first-order valence-electron chi connectivity index (χ1n) is 5.36. The minimum Gasteiger partial charge on any atom is -0.330 e. The van der Waals surface area contributed by atoms with E-state index in [0.29, 0.717) is 0 Å². The monoisotopic (exact) mass is 242 g/mol. The summed E-state index contributed by atoms with van der Waals surface area (Å²) in [6.45, 7) is 0.727. The van der Waals surface area contributed by atoms with Crippen molar-refractivity contribution in [1.82, 2.24) is 0 Å². The van der Waals surface area contributed by atoms with Gasteiger partial charge in [-0.1, -0.05) is 18.6 Å². The molecule has 0 atom stereocenters. The average Bonchev–Trinajstić information content (AvgIpc) is 2.24. The maximum absolute atomic E-state index is 11.0. The van der Waals surface area contributed by atoms with Crippen LogP contribution in [-0.2, 0) is 16.4 Å². The van der Waals surface area contributed by atoms with Crippen molar-refractivity contribution in [2.75, 3.05) is 6.54 Å². The predicted molar refractivity (Wildman–Crippen MR) is 64.4 cm³/mol. The van der Waals surface area contributed by atoms with Crippen molar-refractivity contribution in [1.29, 1.82) is 0 Å². The van der Waals surface area contributed by atoms with Gasteiger partial charge in [-0.05, 0) is 43.5 Å². The van der Waals surface area contributed by atoms with Gasteiger partial charge in [0.15, 0.2) is 0 Å². The lowest BCUT2D eigenvalue weighted by molar-refractivity contribution is 0.597. The summed E-state index contributed by atoms with van der Waals surface area (Å²) in [5, 5.41) is 5.00. The van der Waals surface area contributed by atoms with E-state index in [2.05, 4.69) is 0 Å². The van der Waals surface area contributed by atoms with Crippen LogP contribution in [0.1, 0.15) is 24.8 Å². The van der Waals surface area contributed by atoms with Crippen molar-refractivity contribution in [2.45, 2.75) is 30.6 Å². The molecular formula is C11H18N2O2S. The van der Waals surface area contributed by atoms with Gasteiger partial charge in [0.25, 0.3) is 0 Å². The van der Waals surface area contributed by atoms with Crippen LogP contribution in [0.3, 0.4) is 0 Å². The molecule has 4 nitrogen and oxygen atoms in total. The standard InChI is InChI=1S/C11H18N2O2S/c12-9-3-1-2-4-10-5-7-11(8-6-10)16(13,14)15/h5-8H,1-4,9,12H2,(H2,13,14,15). The lowest BCUT2D eigenvalue weighted by atomic mass is 10.1. The van der Waals surface area contributed by atoms with Crippen molar-refractivity contribution in [2.24, 2.45) is 10.9 Å². The van der Waals surface area contributed by atoms with E-state index in [1.807, 2.05) is 12.1 Å². The third kappa shape index (κ3) is 4.30. The molecule has 1 rings (SSSR count). The molecule has 0 bridgehead atoms.